The van der Waals surface area contributed by atoms with E-state index in [2.05, 4.69) is 38.5 Å². The molecule has 0 spiro atoms. The number of methoxy groups -OCH3 is 2. The molecule has 0 N–H and O–H groups in total. The van der Waals surface area contributed by atoms with Crippen molar-refractivity contribution in [1.82, 2.24) is 4.48 Å². The Kier molecular flexibility index (Phi) is 7.29. The molecule has 4 aromatic carbocycles. The maximum absolute atomic E-state index is 17.6. The number of nitrogens with zero attached hydrogens (tertiary/aromatic N) is 3. The zero-order valence-electron chi connectivity index (χ0n) is 23.6. The predicted molar refractivity (Wildman–Crippen MR) is 185 cm³/mol. The second-order valence-corrected chi connectivity index (χ2v) is 12.2. The monoisotopic (exact) mass is 761 g/mol. The molecule has 0 radical (unpaired) electrons. The highest BCUT2D eigenvalue weighted by Crippen LogP contribution is 2.52. The number of halogens is 4. The minimum atomic E-state index is -4.46. The Hall–Kier alpha value is -4.03. The minimum Gasteiger partial charge on any atom is -0.497 e. The Morgan fingerprint density at radius 1 is 0.727 bits per heavy atom. The molecule has 0 aliphatic carbocycles. The van der Waals surface area contributed by atoms with Crippen LogP contribution in [0.15, 0.2) is 122 Å². The van der Waals surface area contributed by atoms with E-state index in [0.29, 0.717) is 53.2 Å². The second kappa shape index (κ2) is 11.2. The van der Waals surface area contributed by atoms with Gasteiger partial charge in [0.25, 0.3) is 5.84 Å². The van der Waals surface area contributed by atoms with Crippen molar-refractivity contribution < 1.29 is 22.6 Å². The quantitative estimate of drug-likeness (QED) is 0.128. The van der Waals surface area contributed by atoms with Crippen LogP contribution >= 0.6 is 38.5 Å². The summed E-state index contributed by atoms with van der Waals surface area (Å²) in [6, 6.07) is 33.4. The Bertz CT molecular complexity index is 2010. The highest BCUT2D eigenvalue weighted by Gasteiger charge is 2.55. The van der Waals surface area contributed by atoms with Crippen LogP contribution in [0.2, 0.25) is 0 Å². The summed E-state index contributed by atoms with van der Waals surface area (Å²) in [6.07, 6.45) is 0. The lowest BCUT2D eigenvalue weighted by Crippen LogP contribution is -2.53. The van der Waals surface area contributed by atoms with Crippen molar-refractivity contribution in [2.45, 2.75) is 0 Å². The van der Waals surface area contributed by atoms with Crippen LogP contribution in [-0.4, -0.2) is 41.7 Å². The highest BCUT2D eigenvalue weighted by atomic mass is 127. The van der Waals surface area contributed by atoms with Crippen molar-refractivity contribution in [3.05, 3.63) is 128 Å². The molecule has 44 heavy (non-hydrogen) atoms. The van der Waals surface area contributed by atoms with Crippen molar-refractivity contribution in [3.63, 3.8) is 0 Å². The van der Waals surface area contributed by atoms with E-state index in [0.717, 1.165) is 20.1 Å². The molecule has 7 rings (SSSR count). The SMILES string of the molecule is COc1ccc(C2=[N+]3C(=Nc4c(-c5ccccc5)c(Br)c(-c5ccc(OC)cc5)n4[B-]3(F)F)C(c3ccccc3)=C2I)cc1. The predicted octanol–water partition coefficient (Wildman–Crippen LogP) is 9.23. The standard InChI is InChI=1S/C34H24BBrF2IN3O2/c1-43-25-17-13-23(14-18-25)31-29(36)27(21-9-5-3-6-10-21)33-40-34-28(22-11-7-4-8-12-22)30(39)32(42(34)35(37,38)41(31)33)24-15-19-26(44-2)20-16-24/h3-20H,1-2H3. The van der Waals surface area contributed by atoms with Gasteiger partial charge >= 0.3 is 6.97 Å². The minimum absolute atomic E-state index is 0.193. The third kappa shape index (κ3) is 4.45. The average Bonchev–Trinajstić information content (AvgIpc) is 3.53. The van der Waals surface area contributed by atoms with Crippen LogP contribution in [-0.2, 0) is 0 Å². The zero-order valence-corrected chi connectivity index (χ0v) is 27.4. The molecule has 218 valence electrons. The maximum atomic E-state index is 17.6. The molecular weight excluding hydrogens is 738 g/mol. The van der Waals surface area contributed by atoms with Gasteiger partial charge in [-0.2, -0.15) is 0 Å². The van der Waals surface area contributed by atoms with E-state index in [4.69, 9.17) is 14.5 Å². The van der Waals surface area contributed by atoms with Gasteiger partial charge < -0.3 is 27.1 Å². The summed E-state index contributed by atoms with van der Waals surface area (Å²) in [4.78, 5) is 5.12. The Labute approximate surface area is 275 Å². The maximum Gasteiger partial charge on any atom is 0.642 e. The van der Waals surface area contributed by atoms with Crippen molar-refractivity contribution in [3.8, 4) is 33.9 Å². The molecule has 2 aliphatic rings. The molecule has 5 aromatic rings. The topological polar surface area (TPSA) is 38.8 Å². The van der Waals surface area contributed by atoms with E-state index >= 15 is 8.63 Å². The van der Waals surface area contributed by atoms with Crippen molar-refractivity contribution >= 4 is 68.4 Å². The number of allylic oxidation sites excluding steroid dienone is 1. The highest BCUT2D eigenvalue weighted by molar-refractivity contribution is 14.1. The Morgan fingerprint density at radius 2 is 1.25 bits per heavy atom. The van der Waals surface area contributed by atoms with Gasteiger partial charge in [-0.15, -0.1) is 0 Å². The molecule has 3 heterocycles. The number of aromatic nitrogens is 1. The smallest absolute Gasteiger partial charge is 0.497 e. The van der Waals surface area contributed by atoms with E-state index in [-0.39, 0.29) is 11.7 Å². The number of hydrogen-bond acceptors (Lipinski definition) is 3. The van der Waals surface area contributed by atoms with Gasteiger partial charge in [-0.25, -0.2) is 0 Å². The lowest BCUT2D eigenvalue weighted by Gasteiger charge is -2.32. The fourth-order valence-electron chi connectivity index (χ4n) is 5.89. The van der Waals surface area contributed by atoms with Gasteiger partial charge in [0.15, 0.2) is 0 Å². The van der Waals surface area contributed by atoms with Crippen LogP contribution in [0.4, 0.5) is 14.4 Å². The number of hydrogen-bond donors (Lipinski definition) is 0. The van der Waals surface area contributed by atoms with Crippen molar-refractivity contribution in [2.75, 3.05) is 14.2 Å². The summed E-state index contributed by atoms with van der Waals surface area (Å²) >= 11 is 5.94. The van der Waals surface area contributed by atoms with E-state index in [1.165, 1.54) is 0 Å². The van der Waals surface area contributed by atoms with Gasteiger partial charge in [0.05, 0.1) is 33.4 Å². The van der Waals surface area contributed by atoms with Crippen LogP contribution in [0.3, 0.4) is 0 Å². The van der Waals surface area contributed by atoms with Gasteiger partial charge in [0, 0.05) is 11.3 Å². The van der Waals surface area contributed by atoms with Crippen LogP contribution in [0.1, 0.15) is 11.1 Å². The summed E-state index contributed by atoms with van der Waals surface area (Å²) < 4.78 is 49.5. The van der Waals surface area contributed by atoms with Crippen LogP contribution < -0.4 is 9.47 Å². The second-order valence-electron chi connectivity index (χ2n) is 10.4. The summed E-state index contributed by atoms with van der Waals surface area (Å²) in [7, 11) is 3.16. The fourth-order valence-corrected chi connectivity index (χ4v) is 7.84. The number of fused-ring (bicyclic) bond motifs is 2. The first-order chi connectivity index (χ1) is 21.3. The van der Waals surface area contributed by atoms with E-state index in [9.17, 15) is 0 Å². The third-order valence-corrected chi connectivity index (χ3v) is 9.75. The molecule has 0 fully saturated rings. The molecule has 0 saturated heterocycles. The number of ether oxygens (including phenoxy) is 2. The molecule has 0 unspecified atom stereocenters. The van der Waals surface area contributed by atoms with Gasteiger partial charge in [0.1, 0.15) is 17.2 Å². The van der Waals surface area contributed by atoms with E-state index < -0.39 is 6.97 Å². The summed E-state index contributed by atoms with van der Waals surface area (Å²) in [5, 5.41) is 0. The first kappa shape index (κ1) is 28.7. The van der Waals surface area contributed by atoms with Gasteiger partial charge in [-0.1, -0.05) is 60.7 Å². The first-order valence-electron chi connectivity index (χ1n) is 13.9. The first-order valence-corrected chi connectivity index (χ1v) is 15.7. The molecule has 5 nitrogen and oxygen atoms in total. The molecule has 2 aliphatic heterocycles. The molecular formula is C34H24BBrF2IN3O2. The lowest BCUT2D eigenvalue weighted by atomic mass is 9.90. The Balaban J connectivity index is 1.59. The zero-order chi connectivity index (χ0) is 30.6. The van der Waals surface area contributed by atoms with Gasteiger partial charge in [-0.3, -0.25) is 0 Å². The molecule has 0 bridgehead atoms. The third-order valence-electron chi connectivity index (χ3n) is 7.93. The fraction of sp³-hybridized carbons (Fsp3) is 0.0588. The van der Waals surface area contributed by atoms with Crippen LogP contribution in [0, 0.1) is 0 Å². The number of rotatable bonds is 6. The number of amidine groups is 1. The normalized spacial score (nSPS) is 15.2. The summed E-state index contributed by atoms with van der Waals surface area (Å²) in [6.45, 7) is -4.46. The summed E-state index contributed by atoms with van der Waals surface area (Å²) in [5.41, 5.74) is 4.84. The van der Waals surface area contributed by atoms with Crippen molar-refractivity contribution in [2.24, 2.45) is 4.99 Å². The van der Waals surface area contributed by atoms with E-state index in [1.807, 2.05) is 72.8 Å². The molecule has 10 heteroatoms. The number of aliphatic imine (C=N–C) groups is 1. The largest absolute Gasteiger partial charge is 0.642 e. The lowest BCUT2D eigenvalue weighted by molar-refractivity contribution is -0.291. The van der Waals surface area contributed by atoms with Gasteiger partial charge in [0.2, 0.25) is 5.82 Å². The van der Waals surface area contributed by atoms with Crippen LogP contribution in [0.5, 0.6) is 11.5 Å². The molecule has 0 atom stereocenters. The molecule has 0 amide bonds. The average molecular weight is 762 g/mol. The van der Waals surface area contributed by atoms with Gasteiger partial charge in [-0.05, 0) is 109 Å². The molecule has 0 saturated carbocycles. The number of benzene rings is 4. The van der Waals surface area contributed by atoms with E-state index in [1.54, 1.807) is 50.6 Å². The molecule has 1 aromatic heterocycles. The summed E-state index contributed by atoms with van der Waals surface area (Å²) in [5.74, 6) is 1.69. The van der Waals surface area contributed by atoms with Crippen LogP contribution in [0.25, 0.3) is 28.0 Å². The van der Waals surface area contributed by atoms with Crippen molar-refractivity contribution in [1.29, 1.82) is 0 Å². The Morgan fingerprint density at radius 3 is 1.80 bits per heavy atom.